The summed E-state index contributed by atoms with van der Waals surface area (Å²) in [6, 6.07) is 24.2. The number of nitrogens with zero attached hydrogens (tertiary/aromatic N) is 1. The highest BCUT2D eigenvalue weighted by molar-refractivity contribution is 5.92. The molecule has 1 aliphatic heterocycles. The van der Waals surface area contributed by atoms with Gasteiger partial charge in [0.25, 0.3) is 0 Å². The van der Waals surface area contributed by atoms with Gasteiger partial charge in [0.1, 0.15) is 12.3 Å². The molecule has 3 atom stereocenters. The van der Waals surface area contributed by atoms with Crippen molar-refractivity contribution in [2.24, 2.45) is 5.92 Å². The fourth-order valence-electron chi connectivity index (χ4n) is 4.42. The summed E-state index contributed by atoms with van der Waals surface area (Å²) >= 11 is 0. The van der Waals surface area contributed by atoms with Gasteiger partial charge in [-0.15, -0.1) is 0 Å². The summed E-state index contributed by atoms with van der Waals surface area (Å²) in [5.41, 5.74) is 3.99. The minimum atomic E-state index is 0.103. The van der Waals surface area contributed by atoms with E-state index in [0.717, 1.165) is 0 Å². The maximum atomic E-state index is 6.61. The van der Waals surface area contributed by atoms with Crippen LogP contribution >= 0.6 is 0 Å². The van der Waals surface area contributed by atoms with Gasteiger partial charge in [0, 0.05) is 5.69 Å². The molecule has 5 rings (SSSR count). The van der Waals surface area contributed by atoms with Gasteiger partial charge in [-0.1, -0.05) is 68.4 Å². The zero-order valence-corrected chi connectivity index (χ0v) is 14.0. The Labute approximate surface area is 142 Å². The summed E-state index contributed by atoms with van der Waals surface area (Å²) in [5, 5.41) is 2.70. The Balaban J connectivity index is 1.73. The highest BCUT2D eigenvalue weighted by atomic mass is 16.5. The number of ether oxygens (including phenoxy) is 1. The number of benzene rings is 3. The second-order valence-corrected chi connectivity index (χ2v) is 7.17. The van der Waals surface area contributed by atoms with Crippen molar-refractivity contribution in [2.75, 3.05) is 4.90 Å². The van der Waals surface area contributed by atoms with Gasteiger partial charge < -0.3 is 9.64 Å². The quantitative estimate of drug-likeness (QED) is 0.623. The Kier molecular flexibility index (Phi) is 2.98. The van der Waals surface area contributed by atoms with Crippen LogP contribution in [0.1, 0.15) is 37.1 Å². The molecule has 0 bridgehead atoms. The lowest BCUT2D eigenvalue weighted by atomic mass is 10.0. The van der Waals surface area contributed by atoms with Crippen molar-refractivity contribution in [3.8, 4) is 0 Å². The molecular weight excluding hydrogens is 294 g/mol. The van der Waals surface area contributed by atoms with Crippen molar-refractivity contribution in [3.05, 3.63) is 77.9 Å². The van der Waals surface area contributed by atoms with Gasteiger partial charge in [-0.25, -0.2) is 0 Å². The highest BCUT2D eigenvalue weighted by Crippen LogP contribution is 2.56. The third-order valence-electron chi connectivity index (χ3n) is 5.37. The predicted molar refractivity (Wildman–Crippen MR) is 98.1 cm³/mol. The maximum Gasteiger partial charge on any atom is 0.133 e. The van der Waals surface area contributed by atoms with Gasteiger partial charge in [-0.2, -0.15) is 0 Å². The minimum absolute atomic E-state index is 0.103. The van der Waals surface area contributed by atoms with Crippen molar-refractivity contribution >= 4 is 16.5 Å². The van der Waals surface area contributed by atoms with Crippen LogP contribution in [0.5, 0.6) is 0 Å². The van der Waals surface area contributed by atoms with E-state index in [1.165, 1.54) is 27.6 Å². The second kappa shape index (κ2) is 5.09. The number of rotatable bonds is 2. The molecule has 0 radical (unpaired) electrons. The molecule has 0 aromatic heterocycles. The topological polar surface area (TPSA) is 12.5 Å². The monoisotopic (exact) mass is 315 g/mol. The summed E-state index contributed by atoms with van der Waals surface area (Å²) in [5.74, 6) is 0.433. The molecule has 1 heterocycles. The number of fused-ring (bicyclic) bond motifs is 3. The van der Waals surface area contributed by atoms with Crippen LogP contribution in [-0.2, 0) is 4.74 Å². The molecule has 1 fully saturated rings. The van der Waals surface area contributed by atoms with Gasteiger partial charge in [0.15, 0.2) is 0 Å². The molecule has 0 saturated carbocycles. The van der Waals surface area contributed by atoms with E-state index < -0.39 is 0 Å². The molecule has 2 aliphatic rings. The van der Waals surface area contributed by atoms with Gasteiger partial charge >= 0.3 is 0 Å². The molecule has 1 aliphatic carbocycles. The van der Waals surface area contributed by atoms with E-state index in [0.29, 0.717) is 5.92 Å². The van der Waals surface area contributed by atoms with Crippen LogP contribution in [0.3, 0.4) is 0 Å². The van der Waals surface area contributed by atoms with E-state index in [-0.39, 0.29) is 18.4 Å². The Morgan fingerprint density at radius 3 is 2.25 bits per heavy atom. The van der Waals surface area contributed by atoms with Crippen LogP contribution in [0.4, 0.5) is 5.69 Å². The van der Waals surface area contributed by atoms with Crippen LogP contribution in [0, 0.1) is 5.92 Å². The number of hydrogen-bond acceptors (Lipinski definition) is 2. The van der Waals surface area contributed by atoms with E-state index >= 15 is 0 Å². The molecule has 0 spiro atoms. The first-order valence-corrected chi connectivity index (χ1v) is 8.76. The number of anilines is 1. The van der Waals surface area contributed by atoms with E-state index in [1.54, 1.807) is 0 Å². The fraction of sp³-hybridized carbons (Fsp3) is 0.273. The van der Waals surface area contributed by atoms with E-state index in [1.807, 2.05) is 0 Å². The van der Waals surface area contributed by atoms with Crippen LogP contribution in [0.15, 0.2) is 66.7 Å². The zero-order chi connectivity index (χ0) is 16.3. The molecule has 3 aromatic carbocycles. The van der Waals surface area contributed by atoms with Crippen LogP contribution in [0.25, 0.3) is 10.8 Å². The van der Waals surface area contributed by atoms with E-state index in [4.69, 9.17) is 4.74 Å². The van der Waals surface area contributed by atoms with Crippen LogP contribution < -0.4 is 4.90 Å². The summed E-state index contributed by atoms with van der Waals surface area (Å²) in [6.45, 7) is 4.49. The lowest BCUT2D eigenvalue weighted by Crippen LogP contribution is -2.35. The maximum absolute atomic E-state index is 6.61. The molecule has 0 amide bonds. The largest absolute Gasteiger partial charge is 0.348 e. The summed E-state index contributed by atoms with van der Waals surface area (Å²) in [7, 11) is 0. The SMILES string of the molecule is CC(C)[C@@H]1O[C@H]2c3cccc4cccc(c34)[C@H]2N1c1ccccc1. The average Bonchev–Trinajstić information content (AvgIpc) is 3.14. The van der Waals surface area contributed by atoms with Gasteiger partial charge in [0.05, 0.1) is 6.04 Å². The highest BCUT2D eigenvalue weighted by Gasteiger charge is 2.49. The van der Waals surface area contributed by atoms with Crippen LogP contribution in [0.2, 0.25) is 0 Å². The molecule has 1 saturated heterocycles. The zero-order valence-electron chi connectivity index (χ0n) is 14.0. The molecule has 2 heteroatoms. The minimum Gasteiger partial charge on any atom is -0.348 e. The molecule has 120 valence electrons. The number of hydrogen-bond donors (Lipinski definition) is 0. The van der Waals surface area contributed by atoms with Gasteiger partial charge in [-0.05, 0) is 39.9 Å². The Hall–Kier alpha value is -2.32. The van der Waals surface area contributed by atoms with E-state index in [9.17, 15) is 0 Å². The molecule has 0 unspecified atom stereocenters. The fourth-order valence-corrected chi connectivity index (χ4v) is 4.42. The Morgan fingerprint density at radius 2 is 1.54 bits per heavy atom. The van der Waals surface area contributed by atoms with Crippen molar-refractivity contribution in [1.82, 2.24) is 0 Å². The number of para-hydroxylation sites is 1. The molecule has 0 N–H and O–H groups in total. The summed E-state index contributed by atoms with van der Waals surface area (Å²) in [6.07, 6.45) is 0.227. The predicted octanol–water partition coefficient (Wildman–Crippen LogP) is 5.45. The first-order valence-electron chi connectivity index (χ1n) is 8.76. The summed E-state index contributed by atoms with van der Waals surface area (Å²) in [4.78, 5) is 2.49. The average molecular weight is 315 g/mol. The molecule has 3 aromatic rings. The first-order chi connectivity index (χ1) is 11.8. The van der Waals surface area contributed by atoms with E-state index in [2.05, 4.69) is 85.5 Å². The smallest absolute Gasteiger partial charge is 0.133 e. The van der Waals surface area contributed by atoms with Crippen molar-refractivity contribution in [1.29, 1.82) is 0 Å². The Morgan fingerprint density at radius 1 is 0.833 bits per heavy atom. The third-order valence-corrected chi connectivity index (χ3v) is 5.37. The lowest BCUT2D eigenvalue weighted by molar-refractivity contribution is 0.0186. The first kappa shape index (κ1) is 14.1. The normalized spacial score (nSPS) is 24.8. The van der Waals surface area contributed by atoms with Gasteiger partial charge in [0.2, 0.25) is 0 Å². The molecule has 24 heavy (non-hydrogen) atoms. The standard InChI is InChI=1S/C22H21NO/c1-14(2)22-23(16-10-4-3-5-11-16)20-17-12-6-8-15-9-7-13-18(19(15)17)21(20)24-22/h3-14,20-22H,1-2H3/t20-,21+,22+/m1/s1. The van der Waals surface area contributed by atoms with Crippen LogP contribution in [-0.4, -0.2) is 6.23 Å². The Bertz CT molecular complexity index is 897. The van der Waals surface area contributed by atoms with Crippen molar-refractivity contribution in [3.63, 3.8) is 0 Å². The molecular formula is C22H21NO. The summed E-state index contributed by atoms with van der Waals surface area (Å²) < 4.78 is 6.61. The third kappa shape index (κ3) is 1.81. The molecule has 2 nitrogen and oxygen atoms in total. The van der Waals surface area contributed by atoms with Gasteiger partial charge in [-0.3, -0.25) is 0 Å². The second-order valence-electron chi connectivity index (χ2n) is 7.17. The van der Waals surface area contributed by atoms with Crippen molar-refractivity contribution < 1.29 is 4.74 Å². The van der Waals surface area contributed by atoms with Crippen molar-refractivity contribution in [2.45, 2.75) is 32.2 Å². The lowest BCUT2D eigenvalue weighted by Gasteiger charge is -2.32.